The SMILES string of the molecule is CS(=O)(=O)Nc1ccc(N2C(=S)N[C@H](c3ccccn3)[C@H]2c2ccn(C3CCCC3)c2)cc1. The molecule has 0 amide bonds. The van der Waals surface area contributed by atoms with Crippen molar-refractivity contribution in [2.75, 3.05) is 15.9 Å². The number of rotatable bonds is 6. The second-order valence-electron chi connectivity index (χ2n) is 8.75. The predicted octanol–water partition coefficient (Wildman–Crippen LogP) is 4.55. The molecule has 2 fully saturated rings. The van der Waals surface area contributed by atoms with E-state index in [0.29, 0.717) is 16.8 Å². The molecule has 2 N–H and O–H groups in total. The van der Waals surface area contributed by atoms with Crippen molar-refractivity contribution >= 4 is 38.7 Å². The monoisotopic (exact) mass is 481 g/mol. The highest BCUT2D eigenvalue weighted by atomic mass is 32.2. The fourth-order valence-corrected chi connectivity index (χ4v) is 5.82. The molecule has 1 saturated carbocycles. The molecule has 1 saturated heterocycles. The Kier molecular flexibility index (Phi) is 5.84. The van der Waals surface area contributed by atoms with Crippen molar-refractivity contribution in [3.8, 4) is 0 Å². The van der Waals surface area contributed by atoms with Gasteiger partial charge in [-0.1, -0.05) is 18.9 Å². The van der Waals surface area contributed by atoms with E-state index in [1.807, 2.05) is 30.3 Å². The van der Waals surface area contributed by atoms with Crippen LogP contribution in [0.3, 0.4) is 0 Å². The van der Waals surface area contributed by atoms with E-state index in [1.165, 1.54) is 31.2 Å². The van der Waals surface area contributed by atoms with E-state index < -0.39 is 10.0 Å². The van der Waals surface area contributed by atoms with E-state index in [-0.39, 0.29) is 12.1 Å². The van der Waals surface area contributed by atoms with E-state index >= 15 is 0 Å². The Morgan fingerprint density at radius 2 is 1.85 bits per heavy atom. The maximum atomic E-state index is 11.6. The quantitative estimate of drug-likeness (QED) is 0.503. The third-order valence-electron chi connectivity index (χ3n) is 6.37. The van der Waals surface area contributed by atoms with Gasteiger partial charge in [-0.25, -0.2) is 8.42 Å². The molecule has 3 aromatic rings. The van der Waals surface area contributed by atoms with Crippen LogP contribution in [0.1, 0.15) is 55.1 Å². The average Bonchev–Trinajstić information content (AvgIpc) is 3.53. The van der Waals surface area contributed by atoms with Gasteiger partial charge in [0.05, 0.1) is 24.0 Å². The predicted molar refractivity (Wildman–Crippen MR) is 135 cm³/mol. The normalized spacial score (nSPS) is 21.4. The summed E-state index contributed by atoms with van der Waals surface area (Å²) in [6, 6.07) is 15.8. The van der Waals surface area contributed by atoms with Crippen molar-refractivity contribution < 1.29 is 8.42 Å². The van der Waals surface area contributed by atoms with Gasteiger partial charge in [-0.3, -0.25) is 9.71 Å². The van der Waals surface area contributed by atoms with Crippen molar-refractivity contribution in [2.45, 2.75) is 43.8 Å². The van der Waals surface area contributed by atoms with Crippen LogP contribution in [0, 0.1) is 0 Å². The Hall–Kier alpha value is -2.91. The van der Waals surface area contributed by atoms with Crippen molar-refractivity contribution in [2.24, 2.45) is 0 Å². The lowest BCUT2D eigenvalue weighted by atomic mass is 9.98. The van der Waals surface area contributed by atoms with Gasteiger partial charge >= 0.3 is 0 Å². The van der Waals surface area contributed by atoms with Crippen LogP contribution in [-0.4, -0.2) is 29.3 Å². The number of aromatic nitrogens is 2. The Morgan fingerprint density at radius 3 is 2.52 bits per heavy atom. The molecule has 0 spiro atoms. The molecule has 2 aromatic heterocycles. The fraction of sp³-hybridized carbons (Fsp3) is 0.333. The van der Waals surface area contributed by atoms with Gasteiger partial charge in [0.15, 0.2) is 5.11 Å². The average molecular weight is 482 g/mol. The number of hydrogen-bond donors (Lipinski definition) is 2. The summed E-state index contributed by atoms with van der Waals surface area (Å²) >= 11 is 5.78. The summed E-state index contributed by atoms with van der Waals surface area (Å²) in [6.45, 7) is 0. The Balaban J connectivity index is 1.52. The summed E-state index contributed by atoms with van der Waals surface area (Å²) in [5.74, 6) is 0. The molecule has 1 aromatic carbocycles. The van der Waals surface area contributed by atoms with E-state index in [9.17, 15) is 8.42 Å². The lowest BCUT2D eigenvalue weighted by Crippen LogP contribution is -2.29. The van der Waals surface area contributed by atoms with Crippen molar-refractivity contribution in [3.63, 3.8) is 0 Å². The van der Waals surface area contributed by atoms with Crippen LogP contribution in [-0.2, 0) is 10.0 Å². The maximum absolute atomic E-state index is 11.6. The maximum Gasteiger partial charge on any atom is 0.229 e. The number of thiocarbonyl (C=S) groups is 1. The molecule has 1 aliphatic carbocycles. The fourth-order valence-electron chi connectivity index (χ4n) is 4.91. The van der Waals surface area contributed by atoms with Gasteiger partial charge in [0.1, 0.15) is 0 Å². The molecule has 0 unspecified atom stereocenters. The first-order valence-corrected chi connectivity index (χ1v) is 13.4. The van der Waals surface area contributed by atoms with Gasteiger partial charge in [-0.05, 0) is 73.1 Å². The Labute approximate surface area is 199 Å². The Morgan fingerprint density at radius 1 is 1.09 bits per heavy atom. The van der Waals surface area contributed by atoms with Crippen LogP contribution >= 0.6 is 12.2 Å². The zero-order valence-electron chi connectivity index (χ0n) is 18.4. The topological polar surface area (TPSA) is 79.3 Å². The zero-order valence-corrected chi connectivity index (χ0v) is 20.0. The lowest BCUT2D eigenvalue weighted by Gasteiger charge is -2.27. The number of hydrogen-bond acceptors (Lipinski definition) is 4. The van der Waals surface area contributed by atoms with Gasteiger partial charge in [0.2, 0.25) is 10.0 Å². The third-order valence-corrected chi connectivity index (χ3v) is 7.29. The summed E-state index contributed by atoms with van der Waals surface area (Å²) in [7, 11) is -3.34. The van der Waals surface area contributed by atoms with Gasteiger partial charge in [0, 0.05) is 36.0 Å². The molecule has 2 aliphatic rings. The highest BCUT2D eigenvalue weighted by Crippen LogP contribution is 2.42. The molecule has 172 valence electrons. The molecular formula is C24H27N5O2S2. The smallest absolute Gasteiger partial charge is 0.229 e. The number of nitrogens with zero attached hydrogens (tertiary/aromatic N) is 3. The molecule has 0 bridgehead atoms. The highest BCUT2D eigenvalue weighted by molar-refractivity contribution is 7.92. The summed E-state index contributed by atoms with van der Waals surface area (Å²) < 4.78 is 28.0. The second-order valence-corrected chi connectivity index (χ2v) is 10.9. The van der Waals surface area contributed by atoms with Crippen LogP contribution in [0.5, 0.6) is 0 Å². The highest BCUT2D eigenvalue weighted by Gasteiger charge is 2.41. The first-order valence-electron chi connectivity index (χ1n) is 11.1. The van der Waals surface area contributed by atoms with Crippen LogP contribution in [0.4, 0.5) is 11.4 Å². The van der Waals surface area contributed by atoms with Gasteiger partial charge in [-0.2, -0.15) is 0 Å². The summed E-state index contributed by atoms with van der Waals surface area (Å²) in [4.78, 5) is 6.71. The summed E-state index contributed by atoms with van der Waals surface area (Å²) in [6.07, 6.45) is 12.4. The van der Waals surface area contributed by atoms with Crippen molar-refractivity contribution in [1.29, 1.82) is 0 Å². The molecular weight excluding hydrogens is 454 g/mol. The van der Waals surface area contributed by atoms with Gasteiger partial charge < -0.3 is 14.8 Å². The first-order chi connectivity index (χ1) is 15.9. The molecule has 7 nitrogen and oxygen atoms in total. The van der Waals surface area contributed by atoms with Crippen LogP contribution in [0.2, 0.25) is 0 Å². The summed E-state index contributed by atoms with van der Waals surface area (Å²) in [5, 5.41) is 4.09. The molecule has 0 radical (unpaired) electrons. The first kappa shape index (κ1) is 21.9. The van der Waals surface area contributed by atoms with E-state index in [0.717, 1.165) is 17.6 Å². The zero-order chi connectivity index (χ0) is 23.0. The number of benzene rings is 1. The molecule has 33 heavy (non-hydrogen) atoms. The minimum atomic E-state index is -3.34. The lowest BCUT2D eigenvalue weighted by molar-refractivity contribution is 0.515. The minimum absolute atomic E-state index is 0.0798. The molecule has 9 heteroatoms. The van der Waals surface area contributed by atoms with Crippen LogP contribution in [0.15, 0.2) is 67.1 Å². The van der Waals surface area contributed by atoms with E-state index in [1.54, 1.807) is 18.3 Å². The van der Waals surface area contributed by atoms with E-state index in [4.69, 9.17) is 12.2 Å². The van der Waals surface area contributed by atoms with Gasteiger partial charge in [0.25, 0.3) is 0 Å². The third kappa shape index (κ3) is 4.60. The number of nitrogens with one attached hydrogen (secondary N) is 2. The van der Waals surface area contributed by atoms with Crippen molar-refractivity contribution in [3.05, 3.63) is 78.4 Å². The van der Waals surface area contributed by atoms with Crippen LogP contribution < -0.4 is 14.9 Å². The molecule has 2 atom stereocenters. The minimum Gasteiger partial charge on any atom is -0.351 e. The molecule has 1 aliphatic heterocycles. The largest absolute Gasteiger partial charge is 0.351 e. The number of pyridine rings is 1. The number of anilines is 2. The molecule has 3 heterocycles. The van der Waals surface area contributed by atoms with Gasteiger partial charge in [-0.15, -0.1) is 0 Å². The number of sulfonamides is 1. The molecule has 5 rings (SSSR count). The van der Waals surface area contributed by atoms with Crippen molar-refractivity contribution in [1.82, 2.24) is 14.9 Å². The standard InChI is InChI=1S/C24H27N5O2S2/c1-33(30,31)27-18-9-11-20(12-10-18)29-23(17-13-15-28(16-17)19-6-2-3-7-19)22(26-24(29)32)21-8-4-5-14-25-21/h4-5,8-16,19,22-23,27H,2-3,6-7H2,1H3,(H,26,32)/t22-,23-/m1/s1. The van der Waals surface area contributed by atoms with Crippen LogP contribution in [0.25, 0.3) is 0 Å². The Bertz CT molecular complexity index is 1240. The van der Waals surface area contributed by atoms with E-state index in [2.05, 4.69) is 42.9 Å². The summed E-state index contributed by atoms with van der Waals surface area (Å²) in [5.41, 5.74) is 3.51. The second kappa shape index (κ2) is 8.79.